The van der Waals surface area contributed by atoms with Gasteiger partial charge in [0, 0.05) is 41.8 Å². The first-order valence-corrected chi connectivity index (χ1v) is 13.1. The molecule has 2 aromatic heterocycles. The number of amides is 1. The zero-order valence-electron chi connectivity index (χ0n) is 18.5. The summed E-state index contributed by atoms with van der Waals surface area (Å²) in [7, 11) is -3.76. The highest BCUT2D eigenvalue weighted by Crippen LogP contribution is 2.29. The molecule has 1 aliphatic rings. The number of anilines is 1. The molecule has 3 heterocycles. The lowest BCUT2D eigenvalue weighted by Gasteiger charge is -2.31. The fourth-order valence-electron chi connectivity index (χ4n) is 3.88. The second kappa shape index (κ2) is 10.1. The van der Waals surface area contributed by atoms with Crippen molar-refractivity contribution in [2.45, 2.75) is 42.2 Å². The number of aryl methyl sites for hydroxylation is 2. The molecule has 1 N–H and O–H groups in total. The molecular weight excluding hydrogens is 460 g/mol. The summed E-state index contributed by atoms with van der Waals surface area (Å²) in [6.45, 7) is 3.70. The number of nitrogens with zero attached hydrogens (tertiary/aromatic N) is 3. The molecule has 33 heavy (non-hydrogen) atoms. The molecule has 0 aliphatic carbocycles. The van der Waals surface area contributed by atoms with Crippen LogP contribution >= 0.6 is 11.8 Å². The third-order valence-corrected chi connectivity index (χ3v) is 8.76. The van der Waals surface area contributed by atoms with Gasteiger partial charge in [-0.15, -0.1) is 11.8 Å². The van der Waals surface area contributed by atoms with E-state index in [-0.39, 0.29) is 23.1 Å². The van der Waals surface area contributed by atoms with Gasteiger partial charge in [-0.2, -0.15) is 4.31 Å². The highest BCUT2D eigenvalue weighted by Gasteiger charge is 2.36. The first-order chi connectivity index (χ1) is 15.8. The Kier molecular flexibility index (Phi) is 7.16. The fraction of sp³-hybridized carbons (Fsp3) is 0.348. The second-order valence-corrected chi connectivity index (χ2v) is 10.9. The standard InChI is InChI=1S/C23H26N4O4S2/c1-16-22(17(2)31-26-16)33(29,30)27-12-4-6-19(14-27)23(28)25-20-7-9-21(10-8-20)32-15-18-5-3-11-24-13-18/h3,5,7-11,13,19H,4,6,12,14-15H2,1-2H3,(H,25,28). The van der Waals surface area contributed by atoms with Gasteiger partial charge in [-0.05, 0) is 62.6 Å². The number of thioether (sulfide) groups is 1. The van der Waals surface area contributed by atoms with Crippen LogP contribution in [0.2, 0.25) is 0 Å². The SMILES string of the molecule is Cc1noc(C)c1S(=O)(=O)N1CCCC(C(=O)Nc2ccc(SCc3cccnc3)cc2)C1. The van der Waals surface area contributed by atoms with E-state index < -0.39 is 15.9 Å². The fourth-order valence-corrected chi connectivity index (χ4v) is 6.52. The van der Waals surface area contributed by atoms with Crippen LogP contribution in [0.4, 0.5) is 5.69 Å². The minimum absolute atomic E-state index is 0.0999. The first-order valence-electron chi connectivity index (χ1n) is 10.7. The Morgan fingerprint density at radius 1 is 1.24 bits per heavy atom. The minimum Gasteiger partial charge on any atom is -0.360 e. The summed E-state index contributed by atoms with van der Waals surface area (Å²) in [5, 5.41) is 6.69. The van der Waals surface area contributed by atoms with Gasteiger partial charge in [-0.25, -0.2) is 8.42 Å². The zero-order chi connectivity index (χ0) is 23.4. The minimum atomic E-state index is -3.76. The molecule has 1 atom stereocenters. The van der Waals surface area contributed by atoms with Crippen molar-refractivity contribution in [3.05, 3.63) is 65.8 Å². The third-order valence-electron chi connectivity index (χ3n) is 5.57. The van der Waals surface area contributed by atoms with Gasteiger partial charge in [0.1, 0.15) is 10.6 Å². The number of carbonyl (C=O) groups excluding carboxylic acids is 1. The second-order valence-electron chi connectivity index (χ2n) is 8.02. The summed E-state index contributed by atoms with van der Waals surface area (Å²) in [6, 6.07) is 11.6. The Morgan fingerprint density at radius 2 is 2.03 bits per heavy atom. The molecule has 4 rings (SSSR count). The maximum atomic E-state index is 13.1. The Hall–Kier alpha value is -2.69. The largest absolute Gasteiger partial charge is 0.360 e. The molecule has 0 bridgehead atoms. The number of piperidine rings is 1. The molecule has 1 aromatic carbocycles. The summed E-state index contributed by atoms with van der Waals surface area (Å²) in [5.74, 6) is 0.482. The van der Waals surface area contributed by atoms with E-state index in [0.29, 0.717) is 30.8 Å². The highest BCUT2D eigenvalue weighted by molar-refractivity contribution is 7.98. The van der Waals surface area contributed by atoms with E-state index in [9.17, 15) is 13.2 Å². The lowest BCUT2D eigenvalue weighted by atomic mass is 9.99. The topological polar surface area (TPSA) is 105 Å². The van der Waals surface area contributed by atoms with Gasteiger partial charge in [-0.1, -0.05) is 11.2 Å². The molecule has 0 spiro atoms. The average molecular weight is 487 g/mol. The van der Waals surface area contributed by atoms with Crippen molar-refractivity contribution in [3.63, 3.8) is 0 Å². The van der Waals surface area contributed by atoms with Crippen LogP contribution in [-0.2, 0) is 20.6 Å². The van der Waals surface area contributed by atoms with E-state index in [1.54, 1.807) is 31.8 Å². The monoisotopic (exact) mass is 486 g/mol. The van der Waals surface area contributed by atoms with Crippen LogP contribution in [-0.4, -0.2) is 41.9 Å². The van der Waals surface area contributed by atoms with Crippen molar-refractivity contribution in [1.29, 1.82) is 0 Å². The normalized spacial score (nSPS) is 17.1. The molecule has 1 unspecified atom stereocenters. The number of sulfonamides is 1. The summed E-state index contributed by atoms with van der Waals surface area (Å²) in [6.07, 6.45) is 4.85. The van der Waals surface area contributed by atoms with Crippen LogP contribution < -0.4 is 5.32 Å². The smallest absolute Gasteiger partial charge is 0.248 e. The van der Waals surface area contributed by atoms with E-state index in [0.717, 1.165) is 16.2 Å². The quantitative estimate of drug-likeness (QED) is 0.503. The number of nitrogens with one attached hydrogen (secondary N) is 1. The van der Waals surface area contributed by atoms with Gasteiger partial charge in [-0.3, -0.25) is 9.78 Å². The van der Waals surface area contributed by atoms with Gasteiger partial charge in [0.25, 0.3) is 0 Å². The van der Waals surface area contributed by atoms with Gasteiger partial charge in [0.05, 0.1) is 5.92 Å². The van der Waals surface area contributed by atoms with E-state index in [2.05, 4.69) is 15.5 Å². The summed E-state index contributed by atoms with van der Waals surface area (Å²) < 4.78 is 32.6. The van der Waals surface area contributed by atoms with Crippen LogP contribution in [0.1, 0.15) is 29.9 Å². The van der Waals surface area contributed by atoms with Gasteiger partial charge in [0.15, 0.2) is 5.76 Å². The number of benzene rings is 1. The lowest BCUT2D eigenvalue weighted by Crippen LogP contribution is -2.43. The molecule has 1 saturated heterocycles. The Balaban J connectivity index is 1.36. The number of aromatic nitrogens is 2. The maximum absolute atomic E-state index is 13.1. The molecule has 10 heteroatoms. The van der Waals surface area contributed by atoms with Crippen molar-refractivity contribution in [1.82, 2.24) is 14.4 Å². The van der Waals surface area contributed by atoms with Crippen LogP contribution in [0, 0.1) is 19.8 Å². The molecule has 8 nitrogen and oxygen atoms in total. The van der Waals surface area contributed by atoms with E-state index in [1.807, 2.05) is 42.6 Å². The molecule has 174 valence electrons. The highest BCUT2D eigenvalue weighted by atomic mass is 32.2. The maximum Gasteiger partial charge on any atom is 0.248 e. The number of carbonyl (C=O) groups is 1. The van der Waals surface area contributed by atoms with Gasteiger partial charge < -0.3 is 9.84 Å². The first kappa shape index (κ1) is 23.5. The molecule has 0 saturated carbocycles. The van der Waals surface area contributed by atoms with Crippen molar-refractivity contribution < 1.29 is 17.7 Å². The van der Waals surface area contributed by atoms with Crippen LogP contribution in [0.3, 0.4) is 0 Å². The molecular formula is C23H26N4O4S2. The molecule has 1 amide bonds. The molecule has 3 aromatic rings. The van der Waals surface area contributed by atoms with Crippen molar-refractivity contribution >= 4 is 33.4 Å². The van der Waals surface area contributed by atoms with Crippen molar-refractivity contribution in [2.75, 3.05) is 18.4 Å². The summed E-state index contributed by atoms with van der Waals surface area (Å²) >= 11 is 1.69. The van der Waals surface area contributed by atoms with E-state index in [4.69, 9.17) is 4.52 Å². The predicted octanol–water partition coefficient (Wildman–Crippen LogP) is 4.02. The third kappa shape index (κ3) is 5.45. The van der Waals surface area contributed by atoms with Crippen molar-refractivity contribution in [2.24, 2.45) is 5.92 Å². The zero-order valence-corrected chi connectivity index (χ0v) is 20.2. The molecule has 0 radical (unpaired) electrons. The predicted molar refractivity (Wildman–Crippen MR) is 126 cm³/mol. The number of pyridine rings is 1. The number of rotatable bonds is 7. The van der Waals surface area contributed by atoms with Gasteiger partial charge >= 0.3 is 0 Å². The molecule has 1 aliphatic heterocycles. The number of hydrogen-bond donors (Lipinski definition) is 1. The summed E-state index contributed by atoms with van der Waals surface area (Å²) in [4.78, 5) is 18.2. The van der Waals surface area contributed by atoms with E-state index >= 15 is 0 Å². The Morgan fingerprint density at radius 3 is 2.70 bits per heavy atom. The van der Waals surface area contributed by atoms with Crippen LogP contribution in [0.15, 0.2) is 63.1 Å². The van der Waals surface area contributed by atoms with Crippen molar-refractivity contribution in [3.8, 4) is 0 Å². The van der Waals surface area contributed by atoms with E-state index in [1.165, 1.54) is 4.31 Å². The molecule has 1 fully saturated rings. The van der Waals surface area contributed by atoms with Crippen LogP contribution in [0.5, 0.6) is 0 Å². The summed E-state index contributed by atoms with van der Waals surface area (Å²) in [5.41, 5.74) is 2.17. The average Bonchev–Trinajstić information content (AvgIpc) is 3.18. The Bertz CT molecular complexity index is 1190. The number of hydrogen-bond acceptors (Lipinski definition) is 7. The Labute approximate surface area is 197 Å². The van der Waals surface area contributed by atoms with Gasteiger partial charge in [0.2, 0.25) is 15.9 Å². The lowest BCUT2D eigenvalue weighted by molar-refractivity contribution is -0.120. The van der Waals surface area contributed by atoms with Crippen LogP contribution in [0.25, 0.3) is 0 Å².